The van der Waals surface area contributed by atoms with E-state index in [0.717, 1.165) is 24.2 Å². The number of amides is 2. The number of amidine groups is 1. The van der Waals surface area contributed by atoms with Gasteiger partial charge in [-0.05, 0) is 32.3 Å². The lowest BCUT2D eigenvalue weighted by Crippen LogP contribution is -2.60. The predicted molar refractivity (Wildman–Crippen MR) is 109 cm³/mol. The maximum Gasteiger partial charge on any atom is 0.420 e. The van der Waals surface area contributed by atoms with Crippen LogP contribution in [0.4, 0.5) is 9.18 Å². The van der Waals surface area contributed by atoms with E-state index in [0.29, 0.717) is 26.1 Å². The number of carbonyl (C=O) groups excluding carboxylic acids is 2. The minimum atomic E-state index is -0.839. The van der Waals surface area contributed by atoms with Crippen LogP contribution in [-0.4, -0.2) is 84.4 Å². The van der Waals surface area contributed by atoms with Crippen LogP contribution >= 0.6 is 0 Å². The van der Waals surface area contributed by atoms with Crippen LogP contribution in [0, 0.1) is 5.92 Å². The van der Waals surface area contributed by atoms with Gasteiger partial charge in [-0.25, -0.2) is 19.3 Å². The maximum absolute atomic E-state index is 15.1. The highest BCUT2D eigenvalue weighted by Crippen LogP contribution is 2.31. The average molecular weight is 443 g/mol. The van der Waals surface area contributed by atoms with Crippen molar-refractivity contribution in [2.75, 3.05) is 39.6 Å². The molecule has 3 heterocycles. The highest BCUT2D eigenvalue weighted by atomic mass is 19.1. The van der Waals surface area contributed by atoms with Gasteiger partial charge in [-0.15, -0.1) is 0 Å². The third kappa shape index (κ3) is 6.09. The highest BCUT2D eigenvalue weighted by molar-refractivity contribution is 6.11. The number of halogens is 1. The van der Waals surface area contributed by atoms with Gasteiger partial charge in [0, 0.05) is 0 Å². The fourth-order valence-electron chi connectivity index (χ4n) is 3.98. The molecule has 3 atom stereocenters. The number of carbonyl (C=O) groups is 2. The molecule has 0 aliphatic carbocycles. The summed E-state index contributed by atoms with van der Waals surface area (Å²) in [6.07, 6.45) is 3.87. The molecule has 3 aliphatic rings. The Morgan fingerprint density at radius 1 is 1.35 bits per heavy atom. The standard InChI is InChI=1S/C21H33FN3O6/c1-3-4-5-10-30-21(27)24(14-25(28)8-11-29-12-9-25)19-17(22)13-16(20(26)23-19)18-7-6-15(2)31-18/h13,15-16,18,28H,3-12,14H2,1-2H3/q+1. The van der Waals surface area contributed by atoms with Gasteiger partial charge in [-0.3, -0.25) is 4.79 Å². The van der Waals surface area contributed by atoms with Crippen molar-refractivity contribution < 1.29 is 38.0 Å². The van der Waals surface area contributed by atoms with Gasteiger partial charge < -0.3 is 14.2 Å². The fraction of sp³-hybridized carbons (Fsp3) is 0.762. The molecule has 0 aromatic heterocycles. The van der Waals surface area contributed by atoms with Crippen LogP contribution in [0.1, 0.15) is 46.0 Å². The van der Waals surface area contributed by atoms with Gasteiger partial charge in [-0.1, -0.05) is 19.8 Å². The lowest BCUT2D eigenvalue weighted by Gasteiger charge is -2.37. The van der Waals surface area contributed by atoms with E-state index in [9.17, 15) is 14.8 Å². The summed E-state index contributed by atoms with van der Waals surface area (Å²) in [6.45, 7) is 4.87. The number of rotatable bonds is 7. The van der Waals surface area contributed by atoms with E-state index in [-0.39, 0.29) is 32.5 Å². The largest absolute Gasteiger partial charge is 0.449 e. The first-order valence-electron chi connectivity index (χ1n) is 11.1. The van der Waals surface area contributed by atoms with E-state index in [1.165, 1.54) is 6.08 Å². The van der Waals surface area contributed by atoms with E-state index in [1.807, 2.05) is 13.8 Å². The Morgan fingerprint density at radius 2 is 2.10 bits per heavy atom. The van der Waals surface area contributed by atoms with Gasteiger partial charge in [0.15, 0.2) is 18.3 Å². The molecule has 0 radical (unpaired) electrons. The van der Waals surface area contributed by atoms with Crippen molar-refractivity contribution in [3.63, 3.8) is 0 Å². The summed E-state index contributed by atoms with van der Waals surface area (Å²) in [5.41, 5.74) is 0. The second-order valence-corrected chi connectivity index (χ2v) is 8.42. The lowest BCUT2D eigenvalue weighted by molar-refractivity contribution is -1.11. The van der Waals surface area contributed by atoms with E-state index >= 15 is 4.39 Å². The van der Waals surface area contributed by atoms with Crippen molar-refractivity contribution >= 4 is 17.8 Å². The number of hydroxylamine groups is 3. The Bertz CT molecular complexity index is 722. The molecule has 3 rings (SSSR count). The molecule has 0 saturated carbocycles. The Morgan fingerprint density at radius 3 is 2.74 bits per heavy atom. The molecular formula is C21H33FN3O6+. The number of hydrogen-bond donors (Lipinski definition) is 1. The van der Waals surface area contributed by atoms with Crippen molar-refractivity contribution in [2.24, 2.45) is 10.9 Å². The molecule has 31 heavy (non-hydrogen) atoms. The first kappa shape index (κ1) is 23.8. The van der Waals surface area contributed by atoms with Crippen LogP contribution in [0.2, 0.25) is 0 Å². The van der Waals surface area contributed by atoms with Gasteiger partial charge in [0.1, 0.15) is 13.1 Å². The summed E-state index contributed by atoms with van der Waals surface area (Å²) in [5, 5.41) is 10.8. The molecule has 3 unspecified atom stereocenters. The van der Waals surface area contributed by atoms with Crippen molar-refractivity contribution in [3.05, 3.63) is 11.9 Å². The van der Waals surface area contributed by atoms with Gasteiger partial charge in [0.05, 0.1) is 37.9 Å². The number of hydrogen-bond acceptors (Lipinski definition) is 6. The lowest BCUT2D eigenvalue weighted by atomic mass is 9.96. The number of aliphatic imine (C=N–C) groups is 1. The maximum atomic E-state index is 15.1. The smallest absolute Gasteiger partial charge is 0.420 e. The predicted octanol–water partition coefficient (Wildman–Crippen LogP) is 2.78. The third-order valence-electron chi connectivity index (χ3n) is 5.86. The van der Waals surface area contributed by atoms with E-state index < -0.39 is 40.3 Å². The van der Waals surface area contributed by atoms with Crippen LogP contribution in [0.5, 0.6) is 0 Å². The molecule has 0 aromatic carbocycles. The topological polar surface area (TPSA) is 97.7 Å². The van der Waals surface area contributed by atoms with Crippen LogP contribution in [0.3, 0.4) is 0 Å². The monoisotopic (exact) mass is 442 g/mol. The quantitative estimate of drug-likeness (QED) is 0.481. The van der Waals surface area contributed by atoms with E-state index in [2.05, 4.69) is 4.99 Å². The number of dihydropyridines is 1. The molecule has 0 spiro atoms. The number of nitrogens with zero attached hydrogens (tertiary/aromatic N) is 3. The highest BCUT2D eigenvalue weighted by Gasteiger charge is 2.42. The Labute approximate surface area is 182 Å². The fourth-order valence-corrected chi connectivity index (χ4v) is 3.98. The number of morpholine rings is 1. The molecule has 2 saturated heterocycles. The molecule has 1 N–H and O–H groups in total. The van der Waals surface area contributed by atoms with Crippen LogP contribution in [-0.2, 0) is 19.0 Å². The zero-order valence-corrected chi connectivity index (χ0v) is 18.3. The molecule has 0 bridgehead atoms. The zero-order chi connectivity index (χ0) is 22.4. The van der Waals surface area contributed by atoms with Crippen molar-refractivity contribution in [2.45, 2.75) is 58.2 Å². The molecule has 10 heteroatoms. The molecule has 0 aromatic rings. The first-order valence-corrected chi connectivity index (χ1v) is 11.1. The van der Waals surface area contributed by atoms with E-state index in [4.69, 9.17) is 14.2 Å². The summed E-state index contributed by atoms with van der Waals surface area (Å²) in [7, 11) is 0. The third-order valence-corrected chi connectivity index (χ3v) is 5.86. The van der Waals surface area contributed by atoms with E-state index in [1.54, 1.807) is 0 Å². The van der Waals surface area contributed by atoms with Crippen LogP contribution < -0.4 is 0 Å². The molecule has 9 nitrogen and oxygen atoms in total. The average Bonchev–Trinajstić information content (AvgIpc) is 3.17. The molecule has 3 aliphatic heterocycles. The van der Waals surface area contributed by atoms with Gasteiger partial charge in [0.2, 0.25) is 0 Å². The summed E-state index contributed by atoms with van der Waals surface area (Å²) in [6, 6.07) is 0. The molecule has 2 amide bonds. The normalized spacial score (nSPS) is 28.1. The van der Waals surface area contributed by atoms with Crippen molar-refractivity contribution in [1.82, 2.24) is 4.90 Å². The van der Waals surface area contributed by atoms with Crippen molar-refractivity contribution in [1.29, 1.82) is 0 Å². The SMILES string of the molecule is CCCCCOC(=O)N(C[N+]1(O)CCOCC1)C1=NC(=O)C(C2CCC(C)O2)C=C1F. The second-order valence-electron chi connectivity index (χ2n) is 8.42. The Balaban J connectivity index is 1.78. The minimum absolute atomic E-state index is 0.00861. The van der Waals surface area contributed by atoms with Crippen LogP contribution in [0.25, 0.3) is 0 Å². The van der Waals surface area contributed by atoms with Gasteiger partial charge in [0.25, 0.3) is 5.91 Å². The van der Waals surface area contributed by atoms with Crippen molar-refractivity contribution in [3.8, 4) is 0 Å². The Hall–Kier alpha value is -1.88. The second kappa shape index (κ2) is 10.6. The number of quaternary nitrogens is 1. The summed E-state index contributed by atoms with van der Waals surface area (Å²) >= 11 is 0. The summed E-state index contributed by atoms with van der Waals surface area (Å²) < 4.78 is 30.9. The molecule has 2 fully saturated rings. The molecule has 174 valence electrons. The van der Waals surface area contributed by atoms with Crippen LogP contribution in [0.15, 0.2) is 16.9 Å². The van der Waals surface area contributed by atoms with Gasteiger partial charge >= 0.3 is 6.09 Å². The van der Waals surface area contributed by atoms with Gasteiger partial charge in [-0.2, -0.15) is 9.64 Å². The molecular weight excluding hydrogens is 409 g/mol. The zero-order valence-electron chi connectivity index (χ0n) is 18.3. The summed E-state index contributed by atoms with van der Waals surface area (Å²) in [4.78, 5) is 30.3. The Kier molecular flexibility index (Phi) is 8.15. The minimum Gasteiger partial charge on any atom is -0.449 e. The summed E-state index contributed by atoms with van der Waals surface area (Å²) in [5.74, 6) is -2.61. The number of ether oxygens (including phenoxy) is 3. The first-order chi connectivity index (χ1) is 14.8. The number of unbranched alkanes of at least 4 members (excludes halogenated alkanes) is 2.